The number of ether oxygens (including phenoxy) is 1. The second kappa shape index (κ2) is 13.0. The summed E-state index contributed by atoms with van der Waals surface area (Å²) in [5.41, 5.74) is 3.07. The number of carbonyl (C=O) groups excluding carboxylic acids is 3. The second-order valence-corrected chi connectivity index (χ2v) is 14.4. The fourth-order valence-corrected chi connectivity index (χ4v) is 9.14. The summed E-state index contributed by atoms with van der Waals surface area (Å²) in [6.07, 6.45) is 13.2. The van der Waals surface area contributed by atoms with Crippen molar-refractivity contribution in [3.8, 4) is 0 Å². The molecule has 3 atom stereocenters. The number of thioether (sulfide) groups is 2. The lowest BCUT2D eigenvalue weighted by molar-refractivity contribution is -0.115. The summed E-state index contributed by atoms with van der Waals surface area (Å²) in [5.74, 6) is -0.592. The van der Waals surface area contributed by atoms with Crippen molar-refractivity contribution >= 4 is 69.1 Å². The Morgan fingerprint density at radius 1 is 1.00 bits per heavy atom. The molecule has 2 N–H and O–H groups in total. The Kier molecular flexibility index (Phi) is 8.97. The minimum absolute atomic E-state index is 0.0895. The van der Waals surface area contributed by atoms with Gasteiger partial charge >= 0.3 is 12.0 Å². The van der Waals surface area contributed by atoms with Crippen LogP contribution in [-0.4, -0.2) is 41.6 Å². The Balaban J connectivity index is 1.15. The van der Waals surface area contributed by atoms with Crippen molar-refractivity contribution < 1.29 is 19.1 Å². The predicted molar refractivity (Wildman–Crippen MR) is 177 cm³/mol. The maximum Gasteiger partial charge on any atom is 0.341 e. The van der Waals surface area contributed by atoms with Crippen LogP contribution in [-0.2, 0) is 22.4 Å². The van der Waals surface area contributed by atoms with Crippen molar-refractivity contribution in [1.29, 1.82) is 0 Å². The third-order valence-electron chi connectivity index (χ3n) is 7.78. The molecule has 7 nitrogen and oxygen atoms in total. The standard InChI is InChI=1S/C33H33N3O4S3/c1-20(30(37)35-31-29(32(38)40-2)23-13-4-3-5-16-26(23)43-31)41-22-12-10-11-21(19-22)34-33(39)36-24-14-6-8-17-27(24)42-28-18-9-7-15-25(28)36/h6-12,14-15,17-20,24,27H,3-5,13,16H2,1-2H3,(H,34,39)(H,35,37). The van der Waals surface area contributed by atoms with E-state index in [1.807, 2.05) is 72.5 Å². The summed E-state index contributed by atoms with van der Waals surface area (Å²) < 4.78 is 5.08. The average Bonchev–Trinajstić information content (AvgIpc) is 3.18. The molecule has 0 fully saturated rings. The number of carbonyl (C=O) groups is 3. The summed E-state index contributed by atoms with van der Waals surface area (Å²) in [4.78, 5) is 44.6. The van der Waals surface area contributed by atoms with Gasteiger partial charge in [-0.1, -0.05) is 48.9 Å². The van der Waals surface area contributed by atoms with E-state index < -0.39 is 11.2 Å². The van der Waals surface area contributed by atoms with Crippen molar-refractivity contribution in [3.05, 3.63) is 88.8 Å². The van der Waals surface area contributed by atoms with E-state index >= 15 is 0 Å². The molecule has 222 valence electrons. The van der Waals surface area contributed by atoms with Gasteiger partial charge in [0.15, 0.2) is 0 Å². The first-order valence-electron chi connectivity index (χ1n) is 14.4. The van der Waals surface area contributed by atoms with Gasteiger partial charge in [-0.2, -0.15) is 0 Å². The van der Waals surface area contributed by atoms with E-state index in [-0.39, 0.29) is 23.2 Å². The third kappa shape index (κ3) is 6.27. The van der Waals surface area contributed by atoms with Gasteiger partial charge in [0, 0.05) is 20.4 Å². The molecule has 2 heterocycles. The van der Waals surface area contributed by atoms with E-state index in [0.29, 0.717) is 16.3 Å². The van der Waals surface area contributed by atoms with Crippen LogP contribution in [0.15, 0.2) is 82.6 Å². The topological polar surface area (TPSA) is 87.7 Å². The molecule has 3 amide bonds. The van der Waals surface area contributed by atoms with Gasteiger partial charge in [0.1, 0.15) is 5.00 Å². The lowest BCUT2D eigenvalue weighted by atomic mass is 10.1. The number of thiophene rings is 1. The zero-order chi connectivity index (χ0) is 29.9. The molecular weight excluding hydrogens is 599 g/mol. The number of hydrogen-bond donors (Lipinski definition) is 2. The fraction of sp³-hybridized carbons (Fsp3) is 0.303. The number of amides is 3. The molecule has 43 heavy (non-hydrogen) atoms. The van der Waals surface area contributed by atoms with Crippen LogP contribution in [0.3, 0.4) is 0 Å². The van der Waals surface area contributed by atoms with Crippen LogP contribution < -0.4 is 15.5 Å². The Morgan fingerprint density at radius 3 is 2.67 bits per heavy atom. The molecule has 3 aliphatic rings. The molecule has 0 saturated heterocycles. The van der Waals surface area contributed by atoms with E-state index in [1.165, 1.54) is 30.2 Å². The molecule has 3 aromatic rings. The van der Waals surface area contributed by atoms with Crippen molar-refractivity contribution in [1.82, 2.24) is 0 Å². The van der Waals surface area contributed by atoms with Crippen LogP contribution in [0.5, 0.6) is 0 Å². The van der Waals surface area contributed by atoms with Crippen molar-refractivity contribution in [2.45, 2.75) is 65.4 Å². The first kappa shape index (κ1) is 29.6. The van der Waals surface area contributed by atoms with E-state index in [9.17, 15) is 14.4 Å². The molecule has 2 aromatic carbocycles. The largest absolute Gasteiger partial charge is 0.465 e. The third-order valence-corrected chi connectivity index (χ3v) is 11.4. The quantitative estimate of drug-likeness (QED) is 0.163. The molecule has 0 saturated carbocycles. The average molecular weight is 632 g/mol. The van der Waals surface area contributed by atoms with E-state index in [4.69, 9.17) is 4.74 Å². The highest BCUT2D eigenvalue weighted by atomic mass is 32.2. The maximum absolute atomic E-state index is 13.7. The first-order valence-corrected chi connectivity index (χ1v) is 17.0. The summed E-state index contributed by atoms with van der Waals surface area (Å²) in [7, 11) is 1.38. The van der Waals surface area contributed by atoms with E-state index in [1.54, 1.807) is 11.8 Å². The van der Waals surface area contributed by atoms with Gasteiger partial charge in [-0.3, -0.25) is 9.69 Å². The van der Waals surface area contributed by atoms with Gasteiger partial charge in [0.05, 0.1) is 34.9 Å². The van der Waals surface area contributed by atoms with Gasteiger partial charge in [0.2, 0.25) is 5.91 Å². The number of aryl methyl sites for hydroxylation is 1. The van der Waals surface area contributed by atoms with Crippen molar-refractivity contribution in [2.24, 2.45) is 0 Å². The number of allylic oxidation sites excluding steroid dienone is 2. The number of nitrogens with zero attached hydrogens (tertiary/aromatic N) is 1. The number of methoxy groups -OCH3 is 1. The van der Waals surface area contributed by atoms with Crippen LogP contribution in [0, 0.1) is 0 Å². The van der Waals surface area contributed by atoms with Crippen LogP contribution in [0.25, 0.3) is 0 Å². The van der Waals surface area contributed by atoms with Crippen LogP contribution in [0.1, 0.15) is 47.0 Å². The molecular formula is C33H33N3O4S3. The van der Waals surface area contributed by atoms with Gasteiger partial charge in [-0.15, -0.1) is 34.9 Å². The number of anilines is 3. The monoisotopic (exact) mass is 631 g/mol. The number of para-hydroxylation sites is 1. The van der Waals surface area contributed by atoms with E-state index in [2.05, 4.69) is 22.8 Å². The Bertz CT molecular complexity index is 1610. The van der Waals surface area contributed by atoms with Crippen LogP contribution in [0.4, 0.5) is 21.2 Å². The number of rotatable bonds is 6. The van der Waals surface area contributed by atoms with Crippen LogP contribution in [0.2, 0.25) is 0 Å². The lowest BCUT2D eigenvalue weighted by Gasteiger charge is -2.40. The summed E-state index contributed by atoms with van der Waals surface area (Å²) in [6.45, 7) is 1.84. The molecule has 10 heteroatoms. The minimum Gasteiger partial charge on any atom is -0.465 e. The van der Waals surface area contributed by atoms with Gasteiger partial charge in [-0.05, 0) is 68.5 Å². The number of urea groups is 1. The number of hydrogen-bond acceptors (Lipinski definition) is 7. The lowest BCUT2D eigenvalue weighted by Crippen LogP contribution is -2.49. The number of fused-ring (bicyclic) bond motifs is 3. The van der Waals surface area contributed by atoms with E-state index in [0.717, 1.165) is 58.0 Å². The normalized spacial score (nSPS) is 19.3. The number of benzene rings is 2. The predicted octanol–water partition coefficient (Wildman–Crippen LogP) is 7.93. The second-order valence-electron chi connectivity index (χ2n) is 10.6. The fourth-order valence-electron chi connectivity index (χ4n) is 5.68. The molecule has 0 spiro atoms. The summed E-state index contributed by atoms with van der Waals surface area (Å²) in [6, 6.07) is 15.2. The smallest absolute Gasteiger partial charge is 0.341 e. The van der Waals surface area contributed by atoms with Gasteiger partial charge in [-0.25, -0.2) is 9.59 Å². The molecule has 3 unspecified atom stereocenters. The first-order chi connectivity index (χ1) is 20.9. The van der Waals surface area contributed by atoms with Gasteiger partial charge < -0.3 is 15.4 Å². The zero-order valence-corrected chi connectivity index (χ0v) is 26.5. The number of nitrogens with one attached hydrogen (secondary N) is 2. The van der Waals surface area contributed by atoms with Crippen molar-refractivity contribution in [2.75, 3.05) is 22.6 Å². The van der Waals surface area contributed by atoms with Crippen LogP contribution >= 0.6 is 34.9 Å². The highest BCUT2D eigenvalue weighted by Crippen LogP contribution is 2.44. The highest BCUT2D eigenvalue weighted by molar-refractivity contribution is 8.00. The molecule has 1 aliphatic heterocycles. The Hall–Kier alpha value is -3.47. The maximum atomic E-state index is 13.7. The highest BCUT2D eigenvalue weighted by Gasteiger charge is 2.36. The molecule has 6 rings (SSSR count). The summed E-state index contributed by atoms with van der Waals surface area (Å²) in [5, 5.41) is 6.37. The minimum atomic E-state index is -0.440. The molecule has 1 aromatic heterocycles. The molecule has 0 bridgehead atoms. The zero-order valence-electron chi connectivity index (χ0n) is 24.0. The molecule has 0 radical (unpaired) electrons. The summed E-state index contributed by atoms with van der Waals surface area (Å²) >= 11 is 4.66. The Labute approximate surface area is 264 Å². The SMILES string of the molecule is COC(=O)c1c(NC(=O)C(C)Sc2cccc(NC(=O)N3c4ccccc4SC4C=CC=CC43)c2)sc2c1CCCCC2. The van der Waals surface area contributed by atoms with Gasteiger partial charge in [0.25, 0.3) is 0 Å². The molecule has 2 aliphatic carbocycles. The number of esters is 1. The van der Waals surface area contributed by atoms with Crippen molar-refractivity contribution in [3.63, 3.8) is 0 Å². The Morgan fingerprint density at radius 2 is 1.81 bits per heavy atom.